The summed E-state index contributed by atoms with van der Waals surface area (Å²) in [5.74, 6) is -0.770. The Labute approximate surface area is 241 Å². The summed E-state index contributed by atoms with van der Waals surface area (Å²) in [6, 6.07) is 9.86. The molecule has 3 heterocycles. The van der Waals surface area contributed by atoms with Crippen LogP contribution in [0.25, 0.3) is 11.3 Å². The van der Waals surface area contributed by atoms with E-state index >= 15 is 0 Å². The third-order valence-corrected chi connectivity index (χ3v) is 7.14. The van der Waals surface area contributed by atoms with E-state index in [9.17, 15) is 14.3 Å². The summed E-state index contributed by atoms with van der Waals surface area (Å²) in [4.78, 5) is 24.1. The van der Waals surface area contributed by atoms with Gasteiger partial charge in [0.2, 0.25) is 0 Å². The van der Waals surface area contributed by atoms with Gasteiger partial charge in [-0.1, -0.05) is 26.0 Å². The fourth-order valence-corrected chi connectivity index (χ4v) is 4.87. The molecule has 1 atom stereocenters. The van der Waals surface area contributed by atoms with Gasteiger partial charge in [0.05, 0.1) is 23.2 Å². The number of nitrogens with zero attached hydrogens (tertiary/aromatic N) is 3. The molecule has 2 aromatic heterocycles. The Balaban J connectivity index is 1.62. The van der Waals surface area contributed by atoms with Crippen LogP contribution < -0.4 is 14.4 Å². The highest BCUT2D eigenvalue weighted by atomic mass is 19.1. The highest BCUT2D eigenvalue weighted by molar-refractivity contribution is 5.85. The second-order valence-electron chi connectivity index (χ2n) is 12.1. The van der Waals surface area contributed by atoms with Crippen molar-refractivity contribution in [1.29, 1.82) is 0 Å². The van der Waals surface area contributed by atoms with Crippen LogP contribution in [0.15, 0.2) is 48.8 Å². The average molecular weight is 566 g/mol. The van der Waals surface area contributed by atoms with Crippen molar-refractivity contribution >= 4 is 11.7 Å². The molecular formula is C32H40FN3O5. The number of carboxylic acid groups (broad SMARTS) is 1. The van der Waals surface area contributed by atoms with Crippen molar-refractivity contribution in [2.45, 2.75) is 66.1 Å². The lowest BCUT2D eigenvalue weighted by atomic mass is 9.82. The predicted octanol–water partition coefficient (Wildman–Crippen LogP) is 6.62. The van der Waals surface area contributed by atoms with Crippen LogP contribution in [0.2, 0.25) is 0 Å². The molecule has 1 saturated heterocycles. The molecule has 0 spiro atoms. The van der Waals surface area contributed by atoms with Gasteiger partial charge in [-0.15, -0.1) is 0 Å². The Morgan fingerprint density at radius 2 is 1.73 bits per heavy atom. The normalized spacial score (nSPS) is 15.8. The average Bonchev–Trinajstić information content (AvgIpc) is 2.91. The largest absolute Gasteiger partial charge is 0.488 e. The number of anilines is 1. The molecule has 41 heavy (non-hydrogen) atoms. The number of aromatic nitrogens is 2. The molecule has 1 aromatic carbocycles. The van der Waals surface area contributed by atoms with Crippen molar-refractivity contribution in [3.8, 4) is 22.8 Å². The third-order valence-electron chi connectivity index (χ3n) is 7.14. The number of para-hydroxylation sites is 1. The van der Waals surface area contributed by atoms with Gasteiger partial charge in [0, 0.05) is 36.1 Å². The number of pyridine rings is 2. The molecule has 9 heteroatoms. The number of carbonyl (C=O) groups is 1. The maximum Gasteiger partial charge on any atom is 0.337 e. The first-order valence-corrected chi connectivity index (χ1v) is 14.0. The number of carboxylic acids is 1. The number of benzene rings is 1. The van der Waals surface area contributed by atoms with E-state index in [0.29, 0.717) is 22.7 Å². The van der Waals surface area contributed by atoms with Crippen LogP contribution in [-0.2, 0) is 9.53 Å². The van der Waals surface area contributed by atoms with Gasteiger partial charge in [0.15, 0.2) is 17.7 Å². The summed E-state index contributed by atoms with van der Waals surface area (Å²) >= 11 is 0. The van der Waals surface area contributed by atoms with Gasteiger partial charge in [-0.25, -0.2) is 9.18 Å². The second kappa shape index (κ2) is 12.4. The van der Waals surface area contributed by atoms with Crippen LogP contribution in [0.1, 0.15) is 64.8 Å². The quantitative estimate of drug-likeness (QED) is 0.274. The zero-order valence-electron chi connectivity index (χ0n) is 24.7. The molecule has 4 rings (SSSR count). The fraction of sp³-hybridized carbons (Fsp3) is 0.469. The van der Waals surface area contributed by atoms with E-state index in [2.05, 4.69) is 28.7 Å². The lowest BCUT2D eigenvalue weighted by Crippen LogP contribution is -2.39. The van der Waals surface area contributed by atoms with Crippen molar-refractivity contribution in [1.82, 2.24) is 9.97 Å². The molecule has 0 unspecified atom stereocenters. The number of aliphatic carboxylic acids is 1. The molecular weight excluding hydrogens is 525 g/mol. The molecule has 1 N–H and O–H groups in total. The highest BCUT2D eigenvalue weighted by Crippen LogP contribution is 2.43. The van der Waals surface area contributed by atoms with E-state index in [1.165, 1.54) is 6.07 Å². The van der Waals surface area contributed by atoms with E-state index in [0.717, 1.165) is 37.2 Å². The van der Waals surface area contributed by atoms with Gasteiger partial charge >= 0.3 is 5.97 Å². The van der Waals surface area contributed by atoms with Crippen LogP contribution >= 0.6 is 0 Å². The van der Waals surface area contributed by atoms with Crippen LogP contribution in [0.4, 0.5) is 10.1 Å². The zero-order valence-corrected chi connectivity index (χ0v) is 24.7. The summed E-state index contributed by atoms with van der Waals surface area (Å²) in [5.41, 5.74) is 2.87. The van der Waals surface area contributed by atoms with Crippen LogP contribution in [-0.4, -0.2) is 52.9 Å². The summed E-state index contributed by atoms with van der Waals surface area (Å²) in [6.45, 7) is 13.8. The highest BCUT2D eigenvalue weighted by Gasteiger charge is 2.36. The maximum atomic E-state index is 13.8. The fourth-order valence-electron chi connectivity index (χ4n) is 4.87. The summed E-state index contributed by atoms with van der Waals surface area (Å²) in [7, 11) is 0. The van der Waals surface area contributed by atoms with Crippen molar-refractivity contribution in [2.24, 2.45) is 5.41 Å². The second-order valence-corrected chi connectivity index (χ2v) is 12.1. The molecule has 0 bridgehead atoms. The molecule has 8 nitrogen and oxygen atoms in total. The van der Waals surface area contributed by atoms with Gasteiger partial charge in [0.1, 0.15) is 19.0 Å². The van der Waals surface area contributed by atoms with E-state index in [-0.39, 0.29) is 24.4 Å². The van der Waals surface area contributed by atoms with E-state index in [4.69, 9.17) is 14.2 Å². The van der Waals surface area contributed by atoms with Crippen molar-refractivity contribution in [3.63, 3.8) is 0 Å². The summed E-state index contributed by atoms with van der Waals surface area (Å²) in [5, 5.41) is 10.3. The lowest BCUT2D eigenvalue weighted by Gasteiger charge is -2.40. The number of halogens is 1. The maximum absolute atomic E-state index is 13.8. The molecule has 220 valence electrons. The Hall–Kier alpha value is -3.72. The number of hydrogen-bond acceptors (Lipinski definition) is 7. The van der Waals surface area contributed by atoms with Crippen molar-refractivity contribution < 1.29 is 28.5 Å². The molecule has 1 aliphatic heterocycles. The number of aryl methyl sites for hydroxylation is 1. The predicted molar refractivity (Wildman–Crippen MR) is 156 cm³/mol. The van der Waals surface area contributed by atoms with Crippen LogP contribution in [0, 0.1) is 18.2 Å². The van der Waals surface area contributed by atoms with E-state index < -0.39 is 23.5 Å². The smallest absolute Gasteiger partial charge is 0.337 e. The van der Waals surface area contributed by atoms with Crippen LogP contribution in [0.5, 0.6) is 11.5 Å². The Morgan fingerprint density at radius 1 is 1.05 bits per heavy atom. The van der Waals surface area contributed by atoms with Gasteiger partial charge < -0.3 is 24.2 Å². The SMILES string of the molecule is Cc1ncc(-c2ccc(OCCOc3ccccc3F)cn2)c(N2CCC(C)(C)CC2)c1[C@H](OC(C)(C)C)C(=O)O. The Kier molecular flexibility index (Phi) is 9.17. The van der Waals surface area contributed by atoms with Crippen LogP contribution in [0.3, 0.4) is 0 Å². The minimum Gasteiger partial charge on any atom is -0.488 e. The molecule has 3 aromatic rings. The van der Waals surface area contributed by atoms with Gasteiger partial charge in [0.25, 0.3) is 0 Å². The monoisotopic (exact) mass is 565 g/mol. The topological polar surface area (TPSA) is 94.0 Å². The van der Waals surface area contributed by atoms with Crippen molar-refractivity contribution in [3.05, 3.63) is 65.9 Å². The first-order chi connectivity index (χ1) is 19.3. The molecule has 1 fully saturated rings. The molecule has 1 aliphatic rings. The lowest BCUT2D eigenvalue weighted by molar-refractivity contribution is -0.160. The van der Waals surface area contributed by atoms with Gasteiger partial charge in [-0.05, 0) is 70.2 Å². The summed E-state index contributed by atoms with van der Waals surface area (Å²) < 4.78 is 31.1. The first-order valence-electron chi connectivity index (χ1n) is 14.0. The number of rotatable bonds is 10. The minimum atomic E-state index is -1.19. The zero-order chi connectivity index (χ0) is 29.8. The Morgan fingerprint density at radius 3 is 2.34 bits per heavy atom. The van der Waals surface area contributed by atoms with Gasteiger partial charge in [-0.3, -0.25) is 9.97 Å². The number of piperidine rings is 1. The van der Waals surface area contributed by atoms with Crippen molar-refractivity contribution in [2.75, 3.05) is 31.2 Å². The summed E-state index contributed by atoms with van der Waals surface area (Å²) in [6.07, 6.45) is 4.13. The van der Waals surface area contributed by atoms with E-state index in [1.54, 1.807) is 36.7 Å². The number of ether oxygens (including phenoxy) is 3. The molecule has 0 aliphatic carbocycles. The number of hydrogen-bond donors (Lipinski definition) is 1. The third kappa shape index (κ3) is 7.73. The van der Waals surface area contributed by atoms with E-state index in [1.807, 2.05) is 33.8 Å². The standard InChI is InChI=1S/C32H40FN3O5/c1-21-27(29(30(37)38)41-31(2,3)4)28(36-15-13-32(5,6)14-16-36)23(20-34-21)25-12-11-22(19-35-25)39-17-18-40-26-10-8-7-9-24(26)33/h7-12,19-20,29H,13-18H2,1-6H3,(H,37,38)/t29-/m0/s1. The molecule has 0 radical (unpaired) electrons. The minimum absolute atomic E-state index is 0.174. The Bertz CT molecular complexity index is 1340. The molecule has 0 amide bonds. The molecule has 0 saturated carbocycles. The first kappa shape index (κ1) is 30.2. The van der Waals surface area contributed by atoms with Gasteiger partial charge in [-0.2, -0.15) is 0 Å².